The molecular weight excluding hydrogens is 276 g/mol. The molecular formula is C15H22O4S. The van der Waals surface area contributed by atoms with E-state index in [1.54, 1.807) is 24.3 Å². The Labute approximate surface area is 120 Å². The van der Waals surface area contributed by atoms with E-state index in [0.717, 1.165) is 12.8 Å². The van der Waals surface area contributed by atoms with Crippen molar-refractivity contribution in [2.45, 2.75) is 49.4 Å². The van der Waals surface area contributed by atoms with Gasteiger partial charge in [-0.1, -0.05) is 32.4 Å². The molecule has 0 saturated heterocycles. The van der Waals surface area contributed by atoms with Crippen molar-refractivity contribution in [3.63, 3.8) is 0 Å². The zero-order valence-corrected chi connectivity index (χ0v) is 13.0. The molecule has 1 saturated carbocycles. The molecule has 1 aromatic rings. The van der Waals surface area contributed by atoms with Crippen molar-refractivity contribution in [3.8, 4) is 5.75 Å². The van der Waals surface area contributed by atoms with Crippen molar-refractivity contribution in [2.24, 2.45) is 5.41 Å². The molecule has 0 aromatic heterocycles. The van der Waals surface area contributed by atoms with Gasteiger partial charge in [0.25, 0.3) is 0 Å². The summed E-state index contributed by atoms with van der Waals surface area (Å²) in [5.41, 5.74) is -0.377. The second kappa shape index (κ2) is 5.37. The van der Waals surface area contributed by atoms with Gasteiger partial charge < -0.3 is 9.84 Å². The number of hydrogen-bond donors (Lipinski definition) is 1. The van der Waals surface area contributed by atoms with Crippen molar-refractivity contribution in [1.29, 1.82) is 0 Å². The topological polar surface area (TPSA) is 63.6 Å². The summed E-state index contributed by atoms with van der Waals surface area (Å²) in [6.45, 7) is 3.84. The second-order valence-corrected chi connectivity index (χ2v) is 8.20. The van der Waals surface area contributed by atoms with Crippen LogP contribution in [0.5, 0.6) is 5.75 Å². The van der Waals surface area contributed by atoms with Crippen LogP contribution in [0.3, 0.4) is 0 Å². The van der Waals surface area contributed by atoms with Crippen molar-refractivity contribution < 1.29 is 18.3 Å². The molecule has 5 heteroatoms. The first kappa shape index (κ1) is 15.3. The van der Waals surface area contributed by atoms with E-state index < -0.39 is 21.2 Å². The summed E-state index contributed by atoms with van der Waals surface area (Å²) in [5, 5.41) is 9.68. The van der Waals surface area contributed by atoms with E-state index in [1.807, 2.05) is 13.8 Å². The zero-order chi connectivity index (χ0) is 15.0. The van der Waals surface area contributed by atoms with Crippen LogP contribution >= 0.6 is 0 Å². The zero-order valence-electron chi connectivity index (χ0n) is 12.2. The minimum atomic E-state index is -3.60. The minimum absolute atomic E-state index is 0.171. The minimum Gasteiger partial charge on any atom is -0.495 e. The molecule has 0 amide bonds. The normalized spacial score (nSPS) is 26.2. The molecule has 1 aliphatic rings. The summed E-state index contributed by atoms with van der Waals surface area (Å²) in [6.07, 6.45) is 1.28. The highest BCUT2D eigenvalue weighted by molar-refractivity contribution is 7.92. The summed E-state index contributed by atoms with van der Waals surface area (Å²) in [7, 11) is -2.15. The number of methoxy groups -OCH3 is 1. The van der Waals surface area contributed by atoms with Crippen LogP contribution in [0.15, 0.2) is 29.2 Å². The summed E-state index contributed by atoms with van der Waals surface area (Å²) in [6, 6.07) is 6.59. The standard InChI is InChI=1S/C15H22O4S/c1-15(2)10-6-9-13(14(15)16)20(17,18)12-8-5-4-7-11(12)19-3/h4-5,7-8,13-14,16H,6,9-10H2,1-3H3. The van der Waals surface area contributed by atoms with E-state index in [1.165, 1.54) is 7.11 Å². The maximum absolute atomic E-state index is 12.8. The Kier molecular flexibility index (Phi) is 4.12. The van der Waals surface area contributed by atoms with Gasteiger partial charge in [-0.15, -0.1) is 0 Å². The van der Waals surface area contributed by atoms with Crippen LogP contribution in [0.2, 0.25) is 0 Å². The van der Waals surface area contributed by atoms with Crippen molar-refractivity contribution in [1.82, 2.24) is 0 Å². The Hall–Kier alpha value is -1.07. The lowest BCUT2D eigenvalue weighted by Gasteiger charge is -2.40. The van der Waals surface area contributed by atoms with Crippen LogP contribution in [0.4, 0.5) is 0 Å². The predicted molar refractivity (Wildman–Crippen MR) is 77.6 cm³/mol. The van der Waals surface area contributed by atoms with E-state index in [2.05, 4.69) is 0 Å². The molecule has 1 aromatic carbocycles. The Balaban J connectivity index is 2.45. The Bertz CT molecular complexity index is 577. The number of aliphatic hydroxyl groups excluding tert-OH is 1. The number of para-hydroxylation sites is 1. The summed E-state index contributed by atoms with van der Waals surface area (Å²) >= 11 is 0. The molecule has 0 aliphatic heterocycles. The molecule has 0 radical (unpaired) electrons. The van der Waals surface area contributed by atoms with Gasteiger partial charge in [-0.25, -0.2) is 8.42 Å². The van der Waals surface area contributed by atoms with Crippen molar-refractivity contribution in [3.05, 3.63) is 24.3 Å². The molecule has 0 bridgehead atoms. The summed E-state index contributed by atoms with van der Waals surface area (Å²) in [4.78, 5) is 0.171. The lowest BCUT2D eigenvalue weighted by molar-refractivity contribution is 0.0167. The first-order chi connectivity index (χ1) is 9.30. The van der Waals surface area contributed by atoms with Crippen LogP contribution < -0.4 is 4.74 Å². The van der Waals surface area contributed by atoms with Gasteiger partial charge in [-0.2, -0.15) is 0 Å². The van der Waals surface area contributed by atoms with Gasteiger partial charge in [0.1, 0.15) is 10.6 Å². The third-order valence-electron chi connectivity index (χ3n) is 4.24. The average Bonchev–Trinajstić information content (AvgIpc) is 2.41. The summed E-state index contributed by atoms with van der Waals surface area (Å²) < 4.78 is 30.8. The van der Waals surface area contributed by atoms with Crippen LogP contribution in [0.1, 0.15) is 33.1 Å². The highest BCUT2D eigenvalue weighted by Crippen LogP contribution is 2.41. The lowest BCUT2D eigenvalue weighted by Crippen LogP contribution is -2.47. The predicted octanol–water partition coefficient (Wildman–Crippen LogP) is 2.41. The third kappa shape index (κ3) is 2.56. The van der Waals surface area contributed by atoms with E-state index >= 15 is 0 Å². The molecule has 112 valence electrons. The molecule has 2 atom stereocenters. The molecule has 1 N–H and O–H groups in total. The van der Waals surface area contributed by atoms with Gasteiger partial charge in [0.15, 0.2) is 9.84 Å². The Morgan fingerprint density at radius 3 is 2.60 bits per heavy atom. The maximum atomic E-state index is 12.8. The first-order valence-electron chi connectivity index (χ1n) is 6.85. The van der Waals surface area contributed by atoms with Gasteiger partial charge in [0, 0.05) is 0 Å². The van der Waals surface area contributed by atoms with E-state index in [9.17, 15) is 13.5 Å². The largest absolute Gasteiger partial charge is 0.495 e. The number of rotatable bonds is 3. The van der Waals surface area contributed by atoms with Crippen molar-refractivity contribution in [2.75, 3.05) is 7.11 Å². The van der Waals surface area contributed by atoms with Gasteiger partial charge >= 0.3 is 0 Å². The van der Waals surface area contributed by atoms with Gasteiger partial charge in [-0.05, 0) is 30.4 Å². The SMILES string of the molecule is COc1ccccc1S(=O)(=O)C1CCCC(C)(C)C1O. The maximum Gasteiger partial charge on any atom is 0.187 e. The fraction of sp³-hybridized carbons (Fsp3) is 0.600. The van der Waals surface area contributed by atoms with Gasteiger partial charge in [0.2, 0.25) is 0 Å². The van der Waals surface area contributed by atoms with Crippen LogP contribution in [-0.2, 0) is 9.84 Å². The molecule has 20 heavy (non-hydrogen) atoms. The van der Waals surface area contributed by atoms with E-state index in [4.69, 9.17) is 4.74 Å². The smallest absolute Gasteiger partial charge is 0.187 e. The Morgan fingerprint density at radius 1 is 1.30 bits per heavy atom. The number of sulfone groups is 1. The number of aliphatic hydroxyl groups is 1. The Morgan fingerprint density at radius 2 is 1.95 bits per heavy atom. The second-order valence-electron chi connectivity index (χ2n) is 6.06. The number of benzene rings is 1. The number of ether oxygens (including phenoxy) is 1. The highest BCUT2D eigenvalue weighted by atomic mass is 32.2. The van der Waals surface area contributed by atoms with Gasteiger partial charge in [0.05, 0.1) is 18.5 Å². The quantitative estimate of drug-likeness (QED) is 0.930. The van der Waals surface area contributed by atoms with Gasteiger partial charge in [-0.3, -0.25) is 0 Å². The molecule has 0 heterocycles. The molecule has 1 aliphatic carbocycles. The fourth-order valence-corrected chi connectivity index (χ4v) is 5.12. The fourth-order valence-electron chi connectivity index (χ4n) is 2.91. The lowest BCUT2D eigenvalue weighted by atomic mass is 9.75. The molecule has 2 rings (SSSR count). The molecule has 0 spiro atoms. The van der Waals surface area contributed by atoms with Crippen molar-refractivity contribution >= 4 is 9.84 Å². The molecule has 2 unspecified atom stereocenters. The average molecular weight is 298 g/mol. The van der Waals surface area contributed by atoms with Crippen LogP contribution in [0.25, 0.3) is 0 Å². The van der Waals surface area contributed by atoms with E-state index in [-0.39, 0.29) is 10.3 Å². The van der Waals surface area contributed by atoms with Crippen LogP contribution in [-0.4, -0.2) is 32.0 Å². The first-order valence-corrected chi connectivity index (χ1v) is 8.40. The third-order valence-corrected chi connectivity index (χ3v) is 6.48. The van der Waals surface area contributed by atoms with Crippen LogP contribution in [0, 0.1) is 5.41 Å². The molecule has 1 fully saturated rings. The number of hydrogen-bond acceptors (Lipinski definition) is 4. The monoisotopic (exact) mass is 298 g/mol. The summed E-state index contributed by atoms with van der Waals surface area (Å²) in [5.74, 6) is 0.336. The molecule has 4 nitrogen and oxygen atoms in total. The van der Waals surface area contributed by atoms with E-state index in [0.29, 0.717) is 12.2 Å². The highest BCUT2D eigenvalue weighted by Gasteiger charge is 2.45.